The fourth-order valence-electron chi connectivity index (χ4n) is 2.61. The lowest BCUT2D eigenvalue weighted by molar-refractivity contribution is 0.308. The van der Waals surface area contributed by atoms with Crippen molar-refractivity contribution in [1.29, 1.82) is 0 Å². The monoisotopic (exact) mass is 371 g/mol. The van der Waals surface area contributed by atoms with E-state index in [1.54, 1.807) is 21.3 Å². The molecule has 2 rings (SSSR count). The molecule has 146 valence electrons. The van der Waals surface area contributed by atoms with Crippen LogP contribution in [0.4, 0.5) is 0 Å². The predicted octanol–water partition coefficient (Wildman–Crippen LogP) is 2.88. The van der Waals surface area contributed by atoms with Crippen LogP contribution in [-0.2, 0) is 6.42 Å². The van der Waals surface area contributed by atoms with E-state index in [-0.39, 0.29) is 0 Å². The molecule has 0 fully saturated rings. The Labute approximate surface area is 161 Å². The minimum atomic E-state index is 0.623. The summed E-state index contributed by atoms with van der Waals surface area (Å²) in [5.74, 6) is 3.31. The number of para-hydroxylation sites is 1. The molecule has 0 aromatic heterocycles. The summed E-state index contributed by atoms with van der Waals surface area (Å²) in [7, 11) is 5.11. The molecule has 0 saturated carbocycles. The van der Waals surface area contributed by atoms with Crippen molar-refractivity contribution in [3.63, 3.8) is 0 Å². The summed E-state index contributed by atoms with van der Waals surface area (Å²) >= 11 is 0. The van der Waals surface area contributed by atoms with E-state index < -0.39 is 0 Å². The zero-order valence-corrected chi connectivity index (χ0v) is 16.3. The molecule has 0 aliphatic rings. The molecule has 0 radical (unpaired) electrons. The minimum Gasteiger partial charge on any atom is -0.497 e. The van der Waals surface area contributed by atoms with Gasteiger partial charge in [0.2, 0.25) is 0 Å². The summed E-state index contributed by atoms with van der Waals surface area (Å²) in [6.45, 7) is 2.18. The fourth-order valence-corrected chi connectivity index (χ4v) is 2.61. The topological polar surface area (TPSA) is 64.1 Å². The van der Waals surface area contributed by atoms with Gasteiger partial charge in [-0.15, -0.1) is 0 Å². The second-order valence-corrected chi connectivity index (χ2v) is 5.87. The van der Waals surface area contributed by atoms with Crippen LogP contribution in [0.15, 0.2) is 53.5 Å². The smallest absolute Gasteiger partial charge is 0.190 e. The van der Waals surface area contributed by atoms with Gasteiger partial charge < -0.3 is 24.8 Å². The Morgan fingerprint density at radius 1 is 0.926 bits per heavy atom. The number of aliphatic imine (C=N–C) groups is 1. The first kappa shape index (κ1) is 20.4. The van der Waals surface area contributed by atoms with Crippen molar-refractivity contribution in [1.82, 2.24) is 10.6 Å². The van der Waals surface area contributed by atoms with Crippen LogP contribution >= 0.6 is 0 Å². The molecule has 6 heteroatoms. The molecule has 2 N–H and O–H groups in total. The number of hydrogen-bond donors (Lipinski definition) is 2. The zero-order valence-electron chi connectivity index (χ0n) is 16.3. The highest BCUT2D eigenvalue weighted by Crippen LogP contribution is 2.19. The lowest BCUT2D eigenvalue weighted by Crippen LogP contribution is -2.39. The van der Waals surface area contributed by atoms with Gasteiger partial charge in [-0.2, -0.15) is 0 Å². The lowest BCUT2D eigenvalue weighted by Gasteiger charge is -2.13. The highest BCUT2D eigenvalue weighted by Gasteiger charge is 2.03. The van der Waals surface area contributed by atoms with Crippen LogP contribution in [0, 0.1) is 0 Å². The first-order chi connectivity index (χ1) is 13.3. The molecule has 0 aliphatic heterocycles. The Kier molecular flexibility index (Phi) is 8.83. The summed E-state index contributed by atoms with van der Waals surface area (Å²) < 4.78 is 16.3. The molecule has 0 bridgehead atoms. The molecule has 0 unspecified atom stereocenters. The average Bonchev–Trinajstić information content (AvgIpc) is 2.72. The van der Waals surface area contributed by atoms with Crippen molar-refractivity contribution in [3.05, 3.63) is 54.1 Å². The summed E-state index contributed by atoms with van der Waals surface area (Å²) in [6, 6.07) is 15.7. The van der Waals surface area contributed by atoms with Crippen LogP contribution < -0.4 is 24.8 Å². The summed E-state index contributed by atoms with van der Waals surface area (Å²) in [5, 5.41) is 6.61. The van der Waals surface area contributed by atoms with Crippen LogP contribution in [0.2, 0.25) is 0 Å². The maximum absolute atomic E-state index is 5.73. The average molecular weight is 371 g/mol. The van der Waals surface area contributed by atoms with Gasteiger partial charge in [-0.3, -0.25) is 4.99 Å². The van der Waals surface area contributed by atoms with Crippen molar-refractivity contribution in [2.24, 2.45) is 4.99 Å². The maximum Gasteiger partial charge on any atom is 0.190 e. The molecular formula is C21H29N3O3. The Bertz CT molecular complexity index is 719. The van der Waals surface area contributed by atoms with Gasteiger partial charge in [0, 0.05) is 26.2 Å². The highest BCUT2D eigenvalue weighted by atomic mass is 16.5. The van der Waals surface area contributed by atoms with Gasteiger partial charge in [0.05, 0.1) is 20.8 Å². The Balaban J connectivity index is 1.64. The first-order valence-corrected chi connectivity index (χ1v) is 9.10. The van der Waals surface area contributed by atoms with Crippen LogP contribution in [0.3, 0.4) is 0 Å². The largest absolute Gasteiger partial charge is 0.497 e. The lowest BCUT2D eigenvalue weighted by atomic mass is 10.1. The summed E-state index contributed by atoms with van der Waals surface area (Å²) in [5.41, 5.74) is 1.18. The van der Waals surface area contributed by atoms with Gasteiger partial charge in [-0.25, -0.2) is 0 Å². The van der Waals surface area contributed by atoms with Crippen molar-refractivity contribution in [3.8, 4) is 17.2 Å². The Morgan fingerprint density at radius 3 is 2.48 bits per heavy atom. The van der Waals surface area contributed by atoms with Gasteiger partial charge in [-0.1, -0.05) is 24.3 Å². The zero-order chi connectivity index (χ0) is 19.3. The number of benzene rings is 2. The second-order valence-electron chi connectivity index (χ2n) is 5.87. The standard InChI is InChI=1S/C21H29N3O3/c1-22-21(24-14-12-17-8-4-5-11-20(17)26-3)23-13-7-15-27-19-10-6-9-18(16-19)25-2/h4-6,8-11,16H,7,12-15H2,1-3H3,(H2,22,23,24). The van der Waals surface area contributed by atoms with E-state index in [1.165, 1.54) is 5.56 Å². The Morgan fingerprint density at radius 2 is 1.70 bits per heavy atom. The predicted molar refractivity (Wildman–Crippen MR) is 109 cm³/mol. The van der Waals surface area contributed by atoms with E-state index >= 15 is 0 Å². The quantitative estimate of drug-likeness (QED) is 0.382. The van der Waals surface area contributed by atoms with Crippen molar-refractivity contribution in [2.75, 3.05) is 41.0 Å². The molecule has 0 aliphatic carbocycles. The number of methoxy groups -OCH3 is 2. The Hall–Kier alpha value is -2.89. The van der Waals surface area contributed by atoms with E-state index in [9.17, 15) is 0 Å². The molecule has 6 nitrogen and oxygen atoms in total. The molecule has 2 aromatic carbocycles. The van der Waals surface area contributed by atoms with E-state index in [0.717, 1.165) is 49.1 Å². The van der Waals surface area contributed by atoms with Crippen LogP contribution in [0.1, 0.15) is 12.0 Å². The van der Waals surface area contributed by atoms with Gasteiger partial charge in [-0.05, 0) is 36.6 Å². The second kappa shape index (κ2) is 11.7. The number of ether oxygens (including phenoxy) is 3. The van der Waals surface area contributed by atoms with Crippen molar-refractivity contribution >= 4 is 5.96 Å². The van der Waals surface area contributed by atoms with Crippen molar-refractivity contribution < 1.29 is 14.2 Å². The molecule has 0 atom stereocenters. The number of nitrogens with one attached hydrogen (secondary N) is 2. The van der Waals surface area contributed by atoms with E-state index in [2.05, 4.69) is 21.7 Å². The number of hydrogen-bond acceptors (Lipinski definition) is 4. The summed E-state index contributed by atoms with van der Waals surface area (Å²) in [4.78, 5) is 4.25. The van der Waals surface area contributed by atoms with Crippen LogP contribution in [0.25, 0.3) is 0 Å². The first-order valence-electron chi connectivity index (χ1n) is 9.10. The molecule has 27 heavy (non-hydrogen) atoms. The van der Waals surface area contributed by atoms with E-state index in [0.29, 0.717) is 6.61 Å². The van der Waals surface area contributed by atoms with Gasteiger partial charge in [0.15, 0.2) is 5.96 Å². The molecule has 0 saturated heterocycles. The molecule has 0 amide bonds. The third-order valence-corrected chi connectivity index (χ3v) is 4.03. The third-order valence-electron chi connectivity index (χ3n) is 4.03. The van der Waals surface area contributed by atoms with Crippen LogP contribution in [-0.4, -0.2) is 46.9 Å². The third kappa shape index (κ3) is 7.09. The number of rotatable bonds is 10. The van der Waals surface area contributed by atoms with Crippen LogP contribution in [0.5, 0.6) is 17.2 Å². The molecule has 0 spiro atoms. The molecule has 2 aromatic rings. The van der Waals surface area contributed by atoms with Gasteiger partial charge in [0.25, 0.3) is 0 Å². The normalized spacial score (nSPS) is 11.0. The van der Waals surface area contributed by atoms with Crippen molar-refractivity contribution in [2.45, 2.75) is 12.8 Å². The molecule has 0 heterocycles. The number of guanidine groups is 1. The maximum atomic E-state index is 5.73. The molecular weight excluding hydrogens is 342 g/mol. The van der Waals surface area contributed by atoms with Gasteiger partial charge in [0.1, 0.15) is 17.2 Å². The van der Waals surface area contributed by atoms with Gasteiger partial charge >= 0.3 is 0 Å². The highest BCUT2D eigenvalue weighted by molar-refractivity contribution is 5.79. The minimum absolute atomic E-state index is 0.623. The van der Waals surface area contributed by atoms with E-state index in [1.807, 2.05) is 42.5 Å². The number of nitrogens with zero attached hydrogens (tertiary/aromatic N) is 1. The fraction of sp³-hybridized carbons (Fsp3) is 0.381. The SMILES string of the molecule is CN=C(NCCCOc1cccc(OC)c1)NCCc1ccccc1OC. The van der Waals surface area contributed by atoms with E-state index in [4.69, 9.17) is 14.2 Å². The summed E-state index contributed by atoms with van der Waals surface area (Å²) in [6.07, 6.45) is 1.73.